The van der Waals surface area contributed by atoms with Gasteiger partial charge in [0.15, 0.2) is 34.9 Å². The molecule has 0 unspecified atom stereocenters. The highest BCUT2D eigenvalue weighted by molar-refractivity contribution is 5.66. The van der Waals surface area contributed by atoms with E-state index in [1.54, 1.807) is 0 Å². The summed E-state index contributed by atoms with van der Waals surface area (Å²) in [5.74, 6) is -6.87. The van der Waals surface area contributed by atoms with Crippen molar-refractivity contribution < 1.29 is 65.6 Å². The Kier molecular flexibility index (Phi) is 6.36. The van der Waals surface area contributed by atoms with Crippen LogP contribution in [0.4, 0.5) is 0 Å². The molecule has 13 nitrogen and oxygen atoms in total. The van der Waals surface area contributed by atoms with Crippen LogP contribution in [0.1, 0.15) is 45.9 Å². The fourth-order valence-corrected chi connectivity index (χ4v) is 5.78. The van der Waals surface area contributed by atoms with Crippen LogP contribution in [0.15, 0.2) is 48.5 Å². The molecule has 6 rings (SSSR count). The van der Waals surface area contributed by atoms with E-state index in [0.29, 0.717) is 0 Å². The van der Waals surface area contributed by atoms with Gasteiger partial charge in [-0.3, -0.25) is 0 Å². The Morgan fingerprint density at radius 2 is 1.21 bits per heavy atom. The van der Waals surface area contributed by atoms with Crippen molar-refractivity contribution in [1.82, 2.24) is 0 Å². The monoisotopic (exact) mass is 594 g/mol. The van der Waals surface area contributed by atoms with Gasteiger partial charge in [0, 0.05) is 46.9 Å². The zero-order chi connectivity index (χ0) is 30.9. The van der Waals surface area contributed by atoms with E-state index in [2.05, 4.69) is 0 Å². The molecule has 2 heterocycles. The summed E-state index contributed by atoms with van der Waals surface area (Å²) in [4.78, 5) is 0. The Bertz CT molecular complexity index is 1750. The molecule has 43 heavy (non-hydrogen) atoms. The van der Waals surface area contributed by atoms with Crippen molar-refractivity contribution in [1.29, 1.82) is 0 Å². The molecule has 4 aromatic rings. The average molecular weight is 595 g/mol. The molecule has 0 aromatic heterocycles. The van der Waals surface area contributed by atoms with E-state index in [1.165, 1.54) is 18.2 Å². The normalized spacial score (nSPS) is 22.6. The summed E-state index contributed by atoms with van der Waals surface area (Å²) in [6.07, 6.45) is -5.81. The first-order chi connectivity index (χ1) is 20.3. The molecule has 0 amide bonds. The molecule has 13 heteroatoms. The van der Waals surface area contributed by atoms with Gasteiger partial charge >= 0.3 is 0 Å². The Hall–Kier alpha value is -5.40. The highest BCUT2D eigenvalue weighted by atomic mass is 16.5. The Balaban J connectivity index is 1.56. The predicted octanol–water partition coefficient (Wildman–Crippen LogP) is 2.70. The molecule has 11 N–H and O–H groups in total. The lowest BCUT2D eigenvalue weighted by molar-refractivity contribution is 0.00108. The Morgan fingerprint density at radius 3 is 1.88 bits per heavy atom. The van der Waals surface area contributed by atoms with Crippen molar-refractivity contribution in [3.05, 3.63) is 76.3 Å². The van der Waals surface area contributed by atoms with Gasteiger partial charge in [0.25, 0.3) is 0 Å². The summed E-state index contributed by atoms with van der Waals surface area (Å²) in [7, 11) is 0. The molecule has 0 spiro atoms. The van der Waals surface area contributed by atoms with Gasteiger partial charge in [-0.1, -0.05) is 6.07 Å². The van der Waals surface area contributed by atoms with Crippen LogP contribution < -0.4 is 9.47 Å². The lowest BCUT2D eigenvalue weighted by Crippen LogP contribution is -2.36. The molecular weight excluding hydrogens is 568 g/mol. The maximum absolute atomic E-state index is 11.8. The Morgan fingerprint density at radius 1 is 0.558 bits per heavy atom. The molecule has 2 aliphatic rings. The molecule has 0 saturated heterocycles. The number of rotatable bonds is 3. The standard InChI is InChI=1S/C30H26O13/c31-12-6-17(35)23-22(7-12)42-29(11-4-19(37)26(40)20(38)5-11)27(41)25(23)24-18(36)9-15(33)13-8-21(39)28(43-30(13)24)10-1-2-14(32)16(34)3-10/h1-7,9,21,25,27-29,31-41H,8H2/t21-,25-,27-,28-,29-/m1/s1. The van der Waals surface area contributed by atoms with Crippen molar-refractivity contribution in [3.8, 4) is 63.2 Å². The lowest BCUT2D eigenvalue weighted by atomic mass is 9.77. The van der Waals surface area contributed by atoms with Crippen molar-refractivity contribution in [2.75, 3.05) is 0 Å². The summed E-state index contributed by atoms with van der Waals surface area (Å²) in [5, 5.41) is 116. The highest BCUT2D eigenvalue weighted by Crippen LogP contribution is 2.57. The predicted molar refractivity (Wildman–Crippen MR) is 145 cm³/mol. The van der Waals surface area contributed by atoms with E-state index in [9.17, 15) is 56.2 Å². The third-order valence-corrected chi connectivity index (χ3v) is 7.77. The third kappa shape index (κ3) is 4.42. The first-order valence-electron chi connectivity index (χ1n) is 12.9. The maximum atomic E-state index is 11.8. The number of hydrogen-bond donors (Lipinski definition) is 11. The molecule has 0 radical (unpaired) electrons. The van der Waals surface area contributed by atoms with Crippen molar-refractivity contribution >= 4 is 0 Å². The van der Waals surface area contributed by atoms with Gasteiger partial charge < -0.3 is 65.6 Å². The zero-order valence-corrected chi connectivity index (χ0v) is 21.9. The number of ether oxygens (including phenoxy) is 2. The minimum Gasteiger partial charge on any atom is -0.508 e. The second-order valence-electron chi connectivity index (χ2n) is 10.5. The SMILES string of the molecule is Oc1cc(O)c2c(c1)O[C@H](c1cc(O)c(O)c(O)c1)[C@H](O)[C@H]2c1c(O)cc(O)c2c1O[C@H](c1ccc(O)c(O)c1)[C@H](O)C2. The van der Waals surface area contributed by atoms with Crippen molar-refractivity contribution in [3.63, 3.8) is 0 Å². The van der Waals surface area contributed by atoms with Gasteiger partial charge in [0.2, 0.25) is 0 Å². The topological polar surface area (TPSA) is 241 Å². The summed E-state index contributed by atoms with van der Waals surface area (Å²) < 4.78 is 12.0. The minimum atomic E-state index is -1.71. The van der Waals surface area contributed by atoms with E-state index in [4.69, 9.17) is 9.47 Å². The largest absolute Gasteiger partial charge is 0.508 e. The van der Waals surface area contributed by atoms with Crippen molar-refractivity contribution in [2.24, 2.45) is 0 Å². The number of aliphatic hydroxyl groups is 2. The van der Waals surface area contributed by atoms with E-state index in [0.717, 1.165) is 30.3 Å². The van der Waals surface area contributed by atoms with Gasteiger partial charge in [-0.05, 0) is 29.8 Å². The second-order valence-corrected chi connectivity index (χ2v) is 10.5. The minimum absolute atomic E-state index is 0.0281. The maximum Gasteiger partial charge on any atom is 0.200 e. The molecule has 224 valence electrons. The summed E-state index contributed by atoms with van der Waals surface area (Å²) in [6.45, 7) is 0. The first-order valence-corrected chi connectivity index (χ1v) is 12.9. The van der Waals surface area contributed by atoms with Crippen LogP contribution in [0.3, 0.4) is 0 Å². The molecule has 0 saturated carbocycles. The van der Waals surface area contributed by atoms with Crippen LogP contribution >= 0.6 is 0 Å². The quantitative estimate of drug-likeness (QED) is 0.153. The lowest BCUT2D eigenvalue weighted by Gasteiger charge is -2.40. The molecule has 4 aromatic carbocycles. The van der Waals surface area contributed by atoms with Gasteiger partial charge in [0.05, 0.1) is 12.0 Å². The smallest absolute Gasteiger partial charge is 0.200 e. The fraction of sp³-hybridized carbons (Fsp3) is 0.200. The van der Waals surface area contributed by atoms with Crippen LogP contribution in [0.2, 0.25) is 0 Å². The molecule has 0 bridgehead atoms. The molecule has 2 aliphatic heterocycles. The number of fused-ring (bicyclic) bond motifs is 2. The summed E-state index contributed by atoms with van der Waals surface area (Å²) >= 11 is 0. The summed E-state index contributed by atoms with van der Waals surface area (Å²) in [5.41, 5.74) is 0.0126. The first kappa shape index (κ1) is 27.8. The highest BCUT2D eigenvalue weighted by Gasteiger charge is 2.46. The fourth-order valence-electron chi connectivity index (χ4n) is 5.78. The molecule has 0 fully saturated rings. The number of phenolic OH excluding ortho intramolecular Hbond substituents is 9. The zero-order valence-electron chi connectivity index (χ0n) is 21.9. The Labute approximate surface area is 242 Å². The summed E-state index contributed by atoms with van der Waals surface area (Å²) in [6, 6.07) is 8.90. The van der Waals surface area contributed by atoms with Crippen LogP contribution in [0.5, 0.6) is 63.2 Å². The molecule has 0 aliphatic carbocycles. The van der Waals surface area contributed by atoms with Gasteiger partial charge in [-0.25, -0.2) is 0 Å². The second kappa shape index (κ2) is 9.86. The van der Waals surface area contributed by atoms with Crippen LogP contribution in [0, 0.1) is 0 Å². The number of aliphatic hydroxyl groups excluding tert-OH is 2. The van der Waals surface area contributed by atoms with Gasteiger partial charge in [-0.2, -0.15) is 0 Å². The number of phenols is 9. The number of benzene rings is 4. The van der Waals surface area contributed by atoms with E-state index < -0.39 is 82.1 Å². The van der Waals surface area contributed by atoms with E-state index in [1.807, 2.05) is 0 Å². The average Bonchev–Trinajstić information content (AvgIpc) is 2.94. The van der Waals surface area contributed by atoms with Gasteiger partial charge in [-0.15, -0.1) is 0 Å². The van der Waals surface area contributed by atoms with E-state index >= 15 is 0 Å². The van der Waals surface area contributed by atoms with Crippen LogP contribution in [-0.4, -0.2) is 68.4 Å². The van der Waals surface area contributed by atoms with Crippen LogP contribution in [-0.2, 0) is 6.42 Å². The number of hydrogen-bond acceptors (Lipinski definition) is 13. The van der Waals surface area contributed by atoms with Crippen molar-refractivity contribution in [2.45, 2.75) is 36.8 Å². The molecule has 5 atom stereocenters. The van der Waals surface area contributed by atoms with Gasteiger partial charge in [0.1, 0.15) is 46.7 Å². The molecular formula is C30H26O13. The number of aromatic hydroxyl groups is 9. The van der Waals surface area contributed by atoms with E-state index in [-0.39, 0.29) is 45.7 Å². The third-order valence-electron chi connectivity index (χ3n) is 7.77. The van der Waals surface area contributed by atoms with Crippen LogP contribution in [0.25, 0.3) is 0 Å².